The lowest BCUT2D eigenvalue weighted by atomic mass is 9.99. The number of amides is 1. The highest BCUT2D eigenvalue weighted by Gasteiger charge is 2.37. The van der Waals surface area contributed by atoms with Gasteiger partial charge in [0, 0.05) is 19.7 Å². The highest BCUT2D eigenvalue weighted by atomic mass is 16.5. The molecule has 3 N–H and O–H groups in total. The maximum Gasteiger partial charge on any atom is 0.242 e. The number of carbonyl (C=O) groups excluding carboxylic acids is 1. The van der Waals surface area contributed by atoms with Crippen LogP contribution < -0.4 is 11.1 Å². The van der Waals surface area contributed by atoms with Crippen molar-refractivity contribution in [2.75, 3.05) is 19.8 Å². The number of carbonyl (C=O) groups is 1. The number of rotatable bonds is 4. The molecule has 0 aliphatic carbocycles. The van der Waals surface area contributed by atoms with Crippen molar-refractivity contribution >= 4 is 16.9 Å². The predicted molar refractivity (Wildman–Crippen MR) is 79.8 cm³/mol. The van der Waals surface area contributed by atoms with Crippen LogP contribution in [0.2, 0.25) is 0 Å². The van der Waals surface area contributed by atoms with Crippen molar-refractivity contribution in [2.45, 2.75) is 25.4 Å². The van der Waals surface area contributed by atoms with E-state index in [1.165, 1.54) is 0 Å². The van der Waals surface area contributed by atoms with Crippen molar-refractivity contribution < 1.29 is 9.53 Å². The molecule has 1 unspecified atom stereocenters. The van der Waals surface area contributed by atoms with Crippen LogP contribution in [-0.4, -0.2) is 40.8 Å². The van der Waals surface area contributed by atoms with Crippen molar-refractivity contribution in [3.8, 4) is 0 Å². The lowest BCUT2D eigenvalue weighted by molar-refractivity contribution is -0.126. The predicted octanol–water partition coefficient (Wildman–Crippen LogP) is 0.579. The Hall–Kier alpha value is -1.92. The highest BCUT2D eigenvalue weighted by molar-refractivity contribution is 5.86. The van der Waals surface area contributed by atoms with Crippen molar-refractivity contribution in [2.24, 2.45) is 5.73 Å². The third kappa shape index (κ3) is 2.64. The van der Waals surface area contributed by atoms with Gasteiger partial charge in [-0.2, -0.15) is 0 Å². The molecule has 1 aromatic carbocycles. The number of ether oxygens (including phenoxy) is 1. The monoisotopic (exact) mass is 288 g/mol. The number of nitrogens with two attached hydrogens (primary N) is 1. The Morgan fingerprint density at radius 3 is 3.10 bits per heavy atom. The molecule has 1 amide bonds. The smallest absolute Gasteiger partial charge is 0.242 e. The lowest BCUT2D eigenvalue weighted by Crippen LogP contribution is -2.54. The molecule has 1 aliphatic heterocycles. The zero-order chi connectivity index (χ0) is 14.9. The molecule has 3 rings (SSSR count). The van der Waals surface area contributed by atoms with Gasteiger partial charge >= 0.3 is 0 Å². The van der Waals surface area contributed by atoms with E-state index in [0.717, 1.165) is 16.9 Å². The first-order valence-electron chi connectivity index (χ1n) is 7.17. The number of imidazole rings is 1. The first-order chi connectivity index (χ1) is 10.1. The summed E-state index contributed by atoms with van der Waals surface area (Å²) in [7, 11) is 0. The van der Waals surface area contributed by atoms with Crippen molar-refractivity contribution in [3.05, 3.63) is 30.1 Å². The van der Waals surface area contributed by atoms with E-state index >= 15 is 0 Å². The van der Waals surface area contributed by atoms with E-state index in [-0.39, 0.29) is 5.91 Å². The number of aryl methyl sites for hydroxylation is 1. The molecule has 21 heavy (non-hydrogen) atoms. The van der Waals surface area contributed by atoms with Gasteiger partial charge in [0.2, 0.25) is 5.91 Å². The van der Waals surface area contributed by atoms with Crippen LogP contribution >= 0.6 is 0 Å². The highest BCUT2D eigenvalue weighted by Crippen LogP contribution is 2.16. The van der Waals surface area contributed by atoms with E-state index in [9.17, 15) is 4.79 Å². The average molecular weight is 288 g/mol. The minimum absolute atomic E-state index is 0.137. The molecule has 1 atom stereocenters. The van der Waals surface area contributed by atoms with Gasteiger partial charge in [0.15, 0.2) is 0 Å². The Balaban J connectivity index is 1.64. The van der Waals surface area contributed by atoms with E-state index < -0.39 is 5.54 Å². The Morgan fingerprint density at radius 1 is 1.52 bits per heavy atom. The molecule has 0 spiro atoms. The Morgan fingerprint density at radius 2 is 2.33 bits per heavy atom. The number of nitrogens with zero attached hydrogens (tertiary/aromatic N) is 2. The summed E-state index contributed by atoms with van der Waals surface area (Å²) in [6.07, 6.45) is 0.575. The normalized spacial score (nSPS) is 21.8. The van der Waals surface area contributed by atoms with Gasteiger partial charge in [-0.1, -0.05) is 12.1 Å². The summed E-state index contributed by atoms with van der Waals surface area (Å²) in [5.74, 6) is 0.805. The summed E-state index contributed by atoms with van der Waals surface area (Å²) in [6, 6.07) is 7.98. The van der Waals surface area contributed by atoms with Crippen molar-refractivity contribution in [1.29, 1.82) is 0 Å². The molecule has 6 nitrogen and oxygen atoms in total. The van der Waals surface area contributed by atoms with Crippen molar-refractivity contribution in [1.82, 2.24) is 14.9 Å². The molecule has 0 saturated carbocycles. The molecule has 6 heteroatoms. The van der Waals surface area contributed by atoms with Crippen LogP contribution in [0.1, 0.15) is 12.2 Å². The second-order valence-corrected chi connectivity index (χ2v) is 5.51. The van der Waals surface area contributed by atoms with E-state index in [2.05, 4.69) is 14.9 Å². The summed E-state index contributed by atoms with van der Waals surface area (Å²) in [4.78, 5) is 16.6. The molecule has 2 heterocycles. The van der Waals surface area contributed by atoms with E-state index in [1.807, 2.05) is 31.2 Å². The average Bonchev–Trinajstić information content (AvgIpc) is 3.04. The van der Waals surface area contributed by atoms with Gasteiger partial charge in [-0.3, -0.25) is 4.79 Å². The Kier molecular flexibility index (Phi) is 3.65. The third-order valence-corrected chi connectivity index (χ3v) is 3.97. The molecule has 1 aromatic heterocycles. The minimum atomic E-state index is -0.869. The summed E-state index contributed by atoms with van der Waals surface area (Å²) < 4.78 is 7.31. The molecular formula is C15H20N4O2. The Labute approximate surface area is 123 Å². The van der Waals surface area contributed by atoms with Crippen LogP contribution in [0.15, 0.2) is 24.3 Å². The lowest BCUT2D eigenvalue weighted by Gasteiger charge is -2.20. The summed E-state index contributed by atoms with van der Waals surface area (Å²) in [5, 5.41) is 2.90. The summed E-state index contributed by atoms with van der Waals surface area (Å²) in [5.41, 5.74) is 7.21. The first-order valence-corrected chi connectivity index (χ1v) is 7.17. The molecule has 112 valence electrons. The fourth-order valence-electron chi connectivity index (χ4n) is 2.70. The maximum absolute atomic E-state index is 12.1. The Bertz CT molecular complexity index is 659. The number of fused-ring (bicyclic) bond motifs is 1. The van der Waals surface area contributed by atoms with Crippen LogP contribution in [0, 0.1) is 6.92 Å². The topological polar surface area (TPSA) is 82.2 Å². The van der Waals surface area contributed by atoms with Gasteiger partial charge in [-0.15, -0.1) is 0 Å². The number of hydrogen-bond donors (Lipinski definition) is 2. The number of benzene rings is 1. The zero-order valence-corrected chi connectivity index (χ0v) is 12.1. The standard InChI is InChI=1S/C15H20N4O2/c1-11-18-12-4-2-3-5-13(12)19(11)8-7-17-14(20)15(16)6-9-21-10-15/h2-5H,6-10,16H2,1H3,(H,17,20). The third-order valence-electron chi connectivity index (χ3n) is 3.97. The number of nitrogens with one attached hydrogen (secondary N) is 1. The van der Waals surface area contributed by atoms with Gasteiger partial charge in [-0.25, -0.2) is 4.98 Å². The molecular weight excluding hydrogens is 268 g/mol. The fourth-order valence-corrected chi connectivity index (χ4v) is 2.70. The van der Waals surface area contributed by atoms with Gasteiger partial charge in [-0.05, 0) is 25.5 Å². The number of aromatic nitrogens is 2. The van der Waals surface area contributed by atoms with Crippen LogP contribution in [0.3, 0.4) is 0 Å². The second kappa shape index (κ2) is 5.46. The quantitative estimate of drug-likeness (QED) is 0.862. The maximum atomic E-state index is 12.1. The summed E-state index contributed by atoms with van der Waals surface area (Å²) >= 11 is 0. The fraction of sp³-hybridized carbons (Fsp3) is 0.467. The van der Waals surface area contributed by atoms with Gasteiger partial charge in [0.1, 0.15) is 11.4 Å². The SMILES string of the molecule is Cc1nc2ccccc2n1CCNC(=O)C1(N)CCOC1. The van der Waals surface area contributed by atoms with E-state index in [1.54, 1.807) is 0 Å². The molecule has 0 bridgehead atoms. The van der Waals surface area contributed by atoms with E-state index in [4.69, 9.17) is 10.5 Å². The van der Waals surface area contributed by atoms with Gasteiger partial charge in [0.05, 0.1) is 17.6 Å². The molecule has 1 fully saturated rings. The van der Waals surface area contributed by atoms with Crippen LogP contribution in [-0.2, 0) is 16.1 Å². The van der Waals surface area contributed by atoms with Crippen LogP contribution in [0.5, 0.6) is 0 Å². The number of para-hydroxylation sites is 2. The second-order valence-electron chi connectivity index (χ2n) is 5.51. The molecule has 0 radical (unpaired) electrons. The number of hydrogen-bond acceptors (Lipinski definition) is 4. The van der Waals surface area contributed by atoms with Gasteiger partial charge < -0.3 is 20.4 Å². The molecule has 1 aliphatic rings. The molecule has 1 saturated heterocycles. The zero-order valence-electron chi connectivity index (χ0n) is 12.1. The first kappa shape index (κ1) is 14.0. The van der Waals surface area contributed by atoms with Crippen LogP contribution in [0.25, 0.3) is 11.0 Å². The largest absolute Gasteiger partial charge is 0.379 e. The van der Waals surface area contributed by atoms with Gasteiger partial charge in [0.25, 0.3) is 0 Å². The molecule has 2 aromatic rings. The van der Waals surface area contributed by atoms with Crippen LogP contribution in [0.4, 0.5) is 0 Å². The van der Waals surface area contributed by atoms with Crippen molar-refractivity contribution in [3.63, 3.8) is 0 Å². The minimum Gasteiger partial charge on any atom is -0.379 e. The summed E-state index contributed by atoms with van der Waals surface area (Å²) in [6.45, 7) is 4.02. The van der Waals surface area contributed by atoms with E-state index in [0.29, 0.717) is 32.7 Å².